The Hall–Kier alpha value is -3.43. The molecule has 1 aromatic rings. The number of carbonyl (C=O) groups excluding carboxylic acids is 1. The van der Waals surface area contributed by atoms with Crippen molar-refractivity contribution in [2.45, 2.75) is 41.7 Å². The van der Waals surface area contributed by atoms with Crippen molar-refractivity contribution in [3.05, 3.63) is 63.0 Å². The molecule has 0 heterocycles. The van der Waals surface area contributed by atoms with Crippen LogP contribution in [-0.2, 0) is 4.79 Å². The van der Waals surface area contributed by atoms with Gasteiger partial charge in [-0.2, -0.15) is 52.7 Å². The third-order valence-electron chi connectivity index (χ3n) is 6.12. The molecule has 43 heavy (non-hydrogen) atoms. The Bertz CT molecular complexity index is 1470. The fourth-order valence-electron chi connectivity index (χ4n) is 4.26. The fraction of sp³-hybridized carbons (Fsp3) is 0.350. The van der Waals surface area contributed by atoms with Gasteiger partial charge in [0.05, 0.1) is 11.1 Å². The zero-order chi connectivity index (χ0) is 34.0. The molecule has 0 amide bonds. The Labute approximate surface area is 218 Å². The van der Waals surface area contributed by atoms with E-state index in [2.05, 4.69) is 0 Å². The second kappa shape index (κ2) is 9.05. The number of ketones is 1. The first-order valence-corrected chi connectivity index (χ1v) is 9.86. The van der Waals surface area contributed by atoms with Crippen LogP contribution >= 0.6 is 0 Å². The second-order valence-electron chi connectivity index (χ2n) is 8.37. The summed E-state index contributed by atoms with van der Waals surface area (Å²) in [5.41, 5.74) is -43.0. The van der Waals surface area contributed by atoms with Gasteiger partial charge < -0.3 is 0 Å². The molecule has 1 nitrogen and oxygen atoms in total. The summed E-state index contributed by atoms with van der Waals surface area (Å²) in [7, 11) is 0. The first-order chi connectivity index (χ1) is 18.9. The van der Waals surface area contributed by atoms with Crippen LogP contribution in [0.2, 0.25) is 0 Å². The highest BCUT2D eigenvalue weighted by Gasteiger charge is 2.93. The number of carbonyl (C=O) groups is 1. The molecule has 0 fully saturated rings. The Balaban J connectivity index is 2.77. The van der Waals surface area contributed by atoms with Gasteiger partial charge in [0.25, 0.3) is 0 Å². The van der Waals surface area contributed by atoms with E-state index in [4.69, 9.17) is 0 Å². The maximum atomic E-state index is 15.7. The summed E-state index contributed by atoms with van der Waals surface area (Å²) in [6.07, 6.45) is -32.4. The molecular weight excluding hydrogens is 674 g/mol. The van der Waals surface area contributed by atoms with E-state index >= 15 is 8.78 Å². The van der Waals surface area contributed by atoms with Crippen molar-refractivity contribution in [3.63, 3.8) is 0 Å². The lowest BCUT2D eigenvalue weighted by atomic mass is 9.55. The lowest BCUT2D eigenvalue weighted by Crippen LogP contribution is -2.75. The van der Waals surface area contributed by atoms with E-state index in [1.54, 1.807) is 0 Å². The van der Waals surface area contributed by atoms with Gasteiger partial charge in [0.15, 0.2) is 29.1 Å². The summed E-state index contributed by atoms with van der Waals surface area (Å²) < 4.78 is 305. The Kier molecular flexibility index (Phi) is 7.17. The third kappa shape index (κ3) is 3.86. The largest absolute Gasteiger partial charge is 0.435 e. The molecule has 1 atom stereocenters. The van der Waals surface area contributed by atoms with Crippen LogP contribution in [0.15, 0.2) is 28.4 Å². The number of halogens is 22. The maximum Gasteiger partial charge on any atom is 0.435 e. The molecule has 0 bridgehead atoms. The van der Waals surface area contributed by atoms with Crippen molar-refractivity contribution in [1.29, 1.82) is 0 Å². The molecule has 0 N–H and O–H groups in total. The average Bonchev–Trinajstić information content (AvgIpc) is 2.82. The van der Waals surface area contributed by atoms with Crippen LogP contribution in [0.5, 0.6) is 0 Å². The topological polar surface area (TPSA) is 17.1 Å². The van der Waals surface area contributed by atoms with E-state index in [1.165, 1.54) is 0 Å². The molecule has 0 aliphatic heterocycles. The van der Waals surface area contributed by atoms with Crippen LogP contribution in [-0.4, -0.2) is 47.5 Å². The predicted octanol–water partition coefficient (Wildman–Crippen LogP) is 8.55. The fourth-order valence-corrected chi connectivity index (χ4v) is 4.26. The average molecular weight is 674 g/mol. The van der Waals surface area contributed by atoms with E-state index < -0.39 is 116 Å². The minimum atomic E-state index is -8.28. The van der Waals surface area contributed by atoms with E-state index in [0.29, 0.717) is 0 Å². The van der Waals surface area contributed by atoms with Gasteiger partial charge in [0, 0.05) is 16.7 Å². The van der Waals surface area contributed by atoms with Crippen LogP contribution in [0.4, 0.5) is 96.6 Å². The summed E-state index contributed by atoms with van der Waals surface area (Å²) in [6.45, 7) is 0. The number of benzene rings is 1. The Morgan fingerprint density at radius 3 is 1.14 bits per heavy atom. The molecule has 0 saturated heterocycles. The molecule has 240 valence electrons. The number of Topliss-reactive ketones (excluding diaryl/α,β-unsaturated/α-hetero) is 1. The van der Waals surface area contributed by atoms with Crippen molar-refractivity contribution in [3.8, 4) is 0 Å². The van der Waals surface area contributed by atoms with Gasteiger partial charge in [0.2, 0.25) is 17.3 Å². The van der Waals surface area contributed by atoms with E-state index in [9.17, 15) is 92.6 Å². The summed E-state index contributed by atoms with van der Waals surface area (Å²) in [5.74, 6) is -28.0. The molecule has 1 unspecified atom stereocenters. The molecule has 0 aromatic heterocycles. The molecule has 23 heteroatoms. The van der Waals surface area contributed by atoms with Crippen LogP contribution < -0.4 is 0 Å². The van der Waals surface area contributed by atoms with Crippen LogP contribution in [0, 0.1) is 29.1 Å². The SMILES string of the molecule is O=C1C(F)=C2C(=C(C(F)(C(F)(F)F)C(F)(F)F)C2(F)C(F)(C(F)(F)F)C(F)(F)F)C(F)=C1c1c(F)c(F)c(F)c(F)c1F. The van der Waals surface area contributed by atoms with Crippen molar-refractivity contribution in [2.75, 3.05) is 0 Å². The van der Waals surface area contributed by atoms with Gasteiger partial charge in [-0.05, 0) is 0 Å². The third-order valence-corrected chi connectivity index (χ3v) is 6.12. The van der Waals surface area contributed by atoms with Gasteiger partial charge in [-0.15, -0.1) is 0 Å². The second-order valence-corrected chi connectivity index (χ2v) is 8.37. The van der Waals surface area contributed by atoms with Crippen LogP contribution in [0.25, 0.3) is 5.57 Å². The monoisotopic (exact) mass is 674 g/mol. The smallest absolute Gasteiger partial charge is 0.286 e. The Morgan fingerprint density at radius 2 is 0.814 bits per heavy atom. The lowest BCUT2D eigenvalue weighted by Gasteiger charge is -2.54. The molecule has 3 rings (SSSR count). The first-order valence-electron chi connectivity index (χ1n) is 9.86. The van der Waals surface area contributed by atoms with Crippen molar-refractivity contribution >= 4 is 11.4 Å². The van der Waals surface area contributed by atoms with Gasteiger partial charge in [0.1, 0.15) is 5.83 Å². The zero-order valence-electron chi connectivity index (χ0n) is 18.7. The highest BCUT2D eigenvalue weighted by Crippen LogP contribution is 2.73. The molecule has 0 saturated carbocycles. The maximum absolute atomic E-state index is 15.7. The van der Waals surface area contributed by atoms with Gasteiger partial charge in [-0.3, -0.25) is 4.79 Å². The summed E-state index contributed by atoms with van der Waals surface area (Å²) >= 11 is 0. The minimum absolute atomic E-state index is 3.13. The van der Waals surface area contributed by atoms with Gasteiger partial charge >= 0.3 is 36.0 Å². The summed E-state index contributed by atoms with van der Waals surface area (Å²) in [5, 5.41) is 0. The molecule has 0 spiro atoms. The highest BCUT2D eigenvalue weighted by atomic mass is 19.4. The Morgan fingerprint density at radius 1 is 0.465 bits per heavy atom. The van der Waals surface area contributed by atoms with Crippen molar-refractivity contribution in [1.82, 2.24) is 0 Å². The zero-order valence-corrected chi connectivity index (χ0v) is 18.7. The normalized spacial score (nSPS) is 21.1. The number of hydrogen-bond donors (Lipinski definition) is 0. The number of allylic oxidation sites excluding steroid dienone is 6. The van der Waals surface area contributed by atoms with E-state index in [1.807, 2.05) is 0 Å². The van der Waals surface area contributed by atoms with Gasteiger partial charge in [-0.25, -0.2) is 43.9 Å². The standard InChI is InChI=1S/C20F22O/c21-5-2(1-6(22)9(25)11(27)10(26)7(1)23)12(43)8(24)4-3(5)13(15(29,17(31,32)33)18(34,35)36)14(4,28)16(30,19(37,38)39)20(40,41)42. The first kappa shape index (κ1) is 34.1. The predicted molar refractivity (Wildman–Crippen MR) is 90.2 cm³/mol. The number of alkyl halides is 15. The quantitative estimate of drug-likeness (QED) is 0.179. The molecule has 2 aliphatic rings. The number of hydrogen-bond acceptors (Lipinski definition) is 1. The van der Waals surface area contributed by atoms with E-state index in [-0.39, 0.29) is 0 Å². The van der Waals surface area contributed by atoms with Crippen molar-refractivity contribution < 1.29 is 101 Å². The molecule has 1 aromatic carbocycles. The highest BCUT2D eigenvalue weighted by molar-refractivity contribution is 6.31. The number of rotatable bonds is 3. The summed E-state index contributed by atoms with van der Waals surface area (Å²) in [6, 6.07) is 0. The van der Waals surface area contributed by atoms with Crippen LogP contribution in [0.1, 0.15) is 5.56 Å². The minimum Gasteiger partial charge on any atom is -0.286 e. The lowest BCUT2D eigenvalue weighted by molar-refractivity contribution is -0.379. The van der Waals surface area contributed by atoms with Gasteiger partial charge in [-0.1, -0.05) is 0 Å². The van der Waals surface area contributed by atoms with Crippen LogP contribution in [0.3, 0.4) is 0 Å². The molecular formula is C20F22O. The molecule has 2 aliphatic carbocycles. The van der Waals surface area contributed by atoms with Crippen molar-refractivity contribution in [2.24, 2.45) is 0 Å². The molecule has 0 radical (unpaired) electrons. The van der Waals surface area contributed by atoms with E-state index in [0.717, 1.165) is 0 Å². The number of fused-ring (bicyclic) bond motifs is 1. The summed E-state index contributed by atoms with van der Waals surface area (Å²) in [4.78, 5) is 12.2.